The number of hydrogen-bond acceptors (Lipinski definition) is 3. The van der Waals surface area contributed by atoms with Gasteiger partial charge in [-0.3, -0.25) is 4.79 Å². The van der Waals surface area contributed by atoms with Gasteiger partial charge >= 0.3 is 0 Å². The van der Waals surface area contributed by atoms with E-state index >= 15 is 0 Å². The zero-order valence-electron chi connectivity index (χ0n) is 45.5. The van der Waals surface area contributed by atoms with Crippen LogP contribution in [0.4, 0.5) is 0 Å². The minimum absolute atomic E-state index is 0.0806. The first kappa shape index (κ1) is 66.0. The van der Waals surface area contributed by atoms with Crippen molar-refractivity contribution in [2.24, 2.45) is 0 Å². The highest BCUT2D eigenvalue weighted by Crippen LogP contribution is 2.16. The molecular weight excluding hydrogens is 843 g/mol. The minimum atomic E-state index is -0.877. The molecule has 0 aliphatic rings. The number of carbonyl (C=O) groups excluding carboxylic acids is 1. The molecule has 2 unspecified atom stereocenters. The number of unbranched alkanes of at least 4 members (excludes halogenated alkanes) is 30. The van der Waals surface area contributed by atoms with Crippen LogP contribution in [-0.4, -0.2) is 34.9 Å². The van der Waals surface area contributed by atoms with Gasteiger partial charge in [-0.15, -0.1) is 0 Å². The van der Waals surface area contributed by atoms with E-state index in [1.807, 2.05) is 6.08 Å². The maximum atomic E-state index is 12.5. The lowest BCUT2D eigenvalue weighted by Crippen LogP contribution is -2.45. The molecule has 4 nitrogen and oxygen atoms in total. The van der Waals surface area contributed by atoms with E-state index in [0.717, 1.165) is 77.0 Å². The topological polar surface area (TPSA) is 69.6 Å². The Morgan fingerprint density at radius 3 is 1.01 bits per heavy atom. The molecule has 0 saturated heterocycles. The summed E-state index contributed by atoms with van der Waals surface area (Å²) in [6.07, 6.45) is 89.7. The summed E-state index contributed by atoms with van der Waals surface area (Å²) in [4.78, 5) is 12.5. The molecule has 3 N–H and O–H groups in total. The van der Waals surface area contributed by atoms with Crippen molar-refractivity contribution in [2.45, 2.75) is 289 Å². The van der Waals surface area contributed by atoms with Gasteiger partial charge < -0.3 is 15.5 Å². The number of nitrogens with one attached hydrogen (secondary N) is 1. The van der Waals surface area contributed by atoms with Gasteiger partial charge in [-0.1, -0.05) is 284 Å². The zero-order chi connectivity index (χ0) is 49.9. The smallest absolute Gasteiger partial charge is 0.220 e. The fraction of sp³-hybridized carbons (Fsp3) is 0.708. The average Bonchev–Trinajstić information content (AvgIpc) is 3.35. The fourth-order valence-corrected chi connectivity index (χ4v) is 8.51. The maximum Gasteiger partial charge on any atom is 0.220 e. The van der Waals surface area contributed by atoms with Crippen LogP contribution in [0.15, 0.2) is 109 Å². The van der Waals surface area contributed by atoms with Crippen molar-refractivity contribution in [2.75, 3.05) is 6.61 Å². The minimum Gasteiger partial charge on any atom is -0.394 e. The Bertz CT molecular complexity index is 1310. The monoisotopic (exact) mass is 956 g/mol. The van der Waals surface area contributed by atoms with Crippen LogP contribution >= 0.6 is 0 Å². The summed E-state index contributed by atoms with van der Waals surface area (Å²) in [7, 11) is 0. The van der Waals surface area contributed by atoms with Crippen molar-refractivity contribution in [3.05, 3.63) is 109 Å². The first-order valence-corrected chi connectivity index (χ1v) is 29.6. The van der Waals surface area contributed by atoms with E-state index in [4.69, 9.17) is 0 Å². The van der Waals surface area contributed by atoms with Gasteiger partial charge in [0.25, 0.3) is 0 Å². The SMILES string of the molecule is CC/C=C\C/C=C\C/C=C\C/C=C\C/C=C\C/C=C\CCCCCCCCCCCCCCCCC(=O)NC(CO)C(O)/C=C/CC/C=C/CC/C=C/CCCCCCCCCCCCCCCC. The lowest BCUT2D eigenvalue weighted by atomic mass is 10.0. The Labute approximate surface area is 429 Å². The van der Waals surface area contributed by atoms with Crippen LogP contribution in [0, 0.1) is 0 Å². The summed E-state index contributed by atoms with van der Waals surface area (Å²) < 4.78 is 0. The highest BCUT2D eigenvalue weighted by atomic mass is 16.3. The number of carbonyl (C=O) groups is 1. The van der Waals surface area contributed by atoms with E-state index in [2.05, 4.69) is 116 Å². The Morgan fingerprint density at radius 1 is 0.362 bits per heavy atom. The Balaban J connectivity index is 3.58. The predicted molar refractivity (Wildman–Crippen MR) is 308 cm³/mol. The van der Waals surface area contributed by atoms with Crippen molar-refractivity contribution >= 4 is 5.91 Å². The van der Waals surface area contributed by atoms with E-state index in [-0.39, 0.29) is 12.5 Å². The van der Waals surface area contributed by atoms with E-state index in [1.165, 1.54) is 180 Å². The van der Waals surface area contributed by atoms with Gasteiger partial charge in [-0.05, 0) is 96.3 Å². The molecular formula is C65H113NO3. The first-order chi connectivity index (χ1) is 34.2. The zero-order valence-corrected chi connectivity index (χ0v) is 45.5. The molecule has 0 fully saturated rings. The third-order valence-electron chi connectivity index (χ3n) is 13.0. The van der Waals surface area contributed by atoms with Gasteiger partial charge in [-0.2, -0.15) is 0 Å². The molecule has 2 atom stereocenters. The number of allylic oxidation sites excluding steroid dienone is 17. The van der Waals surface area contributed by atoms with E-state index in [9.17, 15) is 15.0 Å². The fourth-order valence-electron chi connectivity index (χ4n) is 8.51. The van der Waals surface area contributed by atoms with Crippen molar-refractivity contribution in [1.82, 2.24) is 5.32 Å². The van der Waals surface area contributed by atoms with Crippen molar-refractivity contribution < 1.29 is 15.0 Å². The summed E-state index contributed by atoms with van der Waals surface area (Å²) >= 11 is 0. The molecule has 0 spiro atoms. The highest BCUT2D eigenvalue weighted by molar-refractivity contribution is 5.76. The second-order valence-electron chi connectivity index (χ2n) is 19.7. The van der Waals surface area contributed by atoms with Crippen molar-refractivity contribution in [3.8, 4) is 0 Å². The van der Waals surface area contributed by atoms with Gasteiger partial charge in [0.15, 0.2) is 0 Å². The van der Waals surface area contributed by atoms with E-state index in [1.54, 1.807) is 6.08 Å². The number of amides is 1. The van der Waals surface area contributed by atoms with Crippen LogP contribution in [0.25, 0.3) is 0 Å². The van der Waals surface area contributed by atoms with Gasteiger partial charge in [0.2, 0.25) is 5.91 Å². The molecule has 1 amide bonds. The second kappa shape index (κ2) is 59.4. The highest BCUT2D eigenvalue weighted by Gasteiger charge is 2.18. The molecule has 69 heavy (non-hydrogen) atoms. The van der Waals surface area contributed by atoms with Gasteiger partial charge in [0.05, 0.1) is 18.8 Å². The van der Waals surface area contributed by atoms with E-state index in [0.29, 0.717) is 6.42 Å². The number of hydrogen-bond donors (Lipinski definition) is 3. The first-order valence-electron chi connectivity index (χ1n) is 29.6. The predicted octanol–water partition coefficient (Wildman–Crippen LogP) is 19.9. The Kier molecular flexibility index (Phi) is 56.8. The van der Waals surface area contributed by atoms with E-state index < -0.39 is 12.1 Å². The molecule has 0 bridgehead atoms. The molecule has 4 heteroatoms. The number of rotatable bonds is 53. The largest absolute Gasteiger partial charge is 0.394 e. The van der Waals surface area contributed by atoms with Crippen LogP contribution in [0.5, 0.6) is 0 Å². The van der Waals surface area contributed by atoms with Gasteiger partial charge in [0.1, 0.15) is 0 Å². The quantitative estimate of drug-likeness (QED) is 0.0420. The number of aliphatic hydroxyl groups excluding tert-OH is 2. The van der Waals surface area contributed by atoms with Crippen molar-refractivity contribution in [3.63, 3.8) is 0 Å². The normalized spacial score (nSPS) is 13.6. The van der Waals surface area contributed by atoms with Crippen LogP contribution in [-0.2, 0) is 4.79 Å². The van der Waals surface area contributed by atoms with Gasteiger partial charge in [-0.25, -0.2) is 0 Å². The third kappa shape index (κ3) is 55.8. The van der Waals surface area contributed by atoms with Gasteiger partial charge in [0, 0.05) is 6.42 Å². The number of aliphatic hydroxyl groups is 2. The summed E-state index contributed by atoms with van der Waals surface area (Å²) in [5, 5.41) is 23.2. The molecule has 0 heterocycles. The third-order valence-corrected chi connectivity index (χ3v) is 13.0. The molecule has 0 saturated carbocycles. The molecule has 0 aliphatic carbocycles. The molecule has 0 aromatic heterocycles. The summed E-state index contributed by atoms with van der Waals surface area (Å²) in [5.41, 5.74) is 0. The summed E-state index contributed by atoms with van der Waals surface area (Å²) in [6, 6.07) is -0.653. The van der Waals surface area contributed by atoms with Crippen LogP contribution in [0.1, 0.15) is 277 Å². The maximum absolute atomic E-state index is 12.5. The lowest BCUT2D eigenvalue weighted by molar-refractivity contribution is -0.123. The molecule has 0 aromatic rings. The standard InChI is InChI=1S/C65H113NO3/c1-3-5-7-9-11-13-15-17-19-21-23-25-27-29-30-31-32-33-34-35-36-37-39-41-43-45-47-49-51-53-55-57-59-61-65(69)66-63(62-67)64(68)60-58-56-54-52-50-48-46-44-42-40-38-28-26-24-22-20-18-16-14-12-10-8-6-4-2/h5,7,11,13,17,19,23,25,29-30,32-33,42,44,50,52,58,60,63-64,67-68H,3-4,6,8-10,12,14-16,18,20-22,24,26-28,31,34-41,43,45-49,51,53-57,59,61-62H2,1-2H3,(H,66,69)/b7-5-,13-11-,19-17-,25-23-,30-29-,33-32-,44-42+,52-50+,60-58+. The van der Waals surface area contributed by atoms with Crippen LogP contribution in [0.3, 0.4) is 0 Å². The lowest BCUT2D eigenvalue weighted by Gasteiger charge is -2.19. The molecule has 0 radical (unpaired) electrons. The average molecular weight is 957 g/mol. The molecule has 0 aliphatic heterocycles. The summed E-state index contributed by atoms with van der Waals surface area (Å²) in [5.74, 6) is -0.0806. The second-order valence-corrected chi connectivity index (χ2v) is 19.7. The van der Waals surface area contributed by atoms with Crippen LogP contribution < -0.4 is 5.32 Å². The Hall–Kier alpha value is -2.95. The summed E-state index contributed by atoms with van der Waals surface area (Å²) in [6.45, 7) is 4.19. The molecule has 396 valence electrons. The van der Waals surface area contributed by atoms with Crippen molar-refractivity contribution in [1.29, 1.82) is 0 Å². The van der Waals surface area contributed by atoms with Crippen LogP contribution in [0.2, 0.25) is 0 Å². The Morgan fingerprint density at radius 2 is 0.652 bits per heavy atom. The molecule has 0 rings (SSSR count). The molecule has 0 aromatic carbocycles.